The number of benzene rings is 2. The van der Waals surface area contributed by atoms with Crippen molar-refractivity contribution < 1.29 is 23.3 Å². The van der Waals surface area contributed by atoms with Crippen LogP contribution in [0.25, 0.3) is 0 Å². The summed E-state index contributed by atoms with van der Waals surface area (Å²) < 4.78 is 0. The van der Waals surface area contributed by atoms with Crippen molar-refractivity contribution in [1.29, 1.82) is 0 Å². The van der Waals surface area contributed by atoms with E-state index in [1.54, 1.807) is 23.3 Å². The molecule has 2 aromatic rings. The normalized spacial score (nSPS) is 12.1. The van der Waals surface area contributed by atoms with Crippen LogP contribution >= 0.6 is 34.0 Å². The average molecular weight is 566 g/mol. The molecule has 2 aromatic carbocycles. The second-order valence-corrected chi connectivity index (χ2v) is 10.7. The summed E-state index contributed by atoms with van der Waals surface area (Å²) in [5, 5.41) is 3.03. The van der Waals surface area contributed by atoms with Gasteiger partial charge in [-0.05, 0) is 0 Å². The van der Waals surface area contributed by atoms with Crippen molar-refractivity contribution in [2.24, 2.45) is 0 Å². The third-order valence-electron chi connectivity index (χ3n) is 3.30. The monoisotopic (exact) mass is 562 g/mol. The van der Waals surface area contributed by atoms with Crippen molar-refractivity contribution in [2.45, 2.75) is 12.8 Å². The molecule has 4 heteroatoms. The van der Waals surface area contributed by atoms with Crippen molar-refractivity contribution in [3.05, 3.63) is 109 Å². The fraction of sp³-hybridized carbons (Fsp3) is 0.0909. The molecule has 0 heterocycles. The Hall–Kier alpha value is -0.540. The number of hydrogen-bond donors (Lipinski definition) is 0. The van der Waals surface area contributed by atoms with E-state index in [1.165, 1.54) is 10.4 Å². The Labute approximate surface area is 193 Å². The molecular weight excluding hydrogens is 543 g/mol. The second-order valence-electron chi connectivity index (χ2n) is 5.11. The Bertz CT molecular complexity index is 652. The summed E-state index contributed by atoms with van der Waals surface area (Å²) in [4.78, 5) is 0. The summed E-state index contributed by atoms with van der Waals surface area (Å²) in [5.41, 5.74) is -0.455. The van der Waals surface area contributed by atoms with E-state index >= 15 is 0 Å². The molecule has 0 radical (unpaired) electrons. The molecule has 0 nitrogen and oxygen atoms in total. The minimum absolute atomic E-state index is 0. The first kappa shape index (κ1) is 25.5. The van der Waals surface area contributed by atoms with Crippen molar-refractivity contribution in [1.82, 2.24) is 0 Å². The summed E-state index contributed by atoms with van der Waals surface area (Å²) in [7, 11) is 0. The summed E-state index contributed by atoms with van der Waals surface area (Å²) in [5.74, 6) is 0. The van der Waals surface area contributed by atoms with Gasteiger partial charge in [0.2, 0.25) is 0 Å². The van der Waals surface area contributed by atoms with E-state index in [1.807, 2.05) is 24.3 Å². The zero-order valence-electron chi connectivity index (χ0n) is 14.5. The molecule has 132 valence electrons. The maximum absolute atomic E-state index is 2.99. The fourth-order valence-electron chi connectivity index (χ4n) is 2.06. The van der Waals surface area contributed by atoms with Crippen molar-refractivity contribution in [3.8, 4) is 0 Å². The molecule has 0 aromatic heterocycles. The van der Waals surface area contributed by atoms with Crippen LogP contribution in [-0.4, -0.2) is 5.43 Å². The molecule has 2 aliphatic rings. The van der Waals surface area contributed by atoms with Crippen molar-refractivity contribution in [3.63, 3.8) is 0 Å². The molecule has 0 bridgehead atoms. The van der Waals surface area contributed by atoms with Crippen LogP contribution in [0.4, 0.5) is 0 Å². The van der Waals surface area contributed by atoms with Crippen LogP contribution in [0.2, 0.25) is 0 Å². The molecule has 0 unspecified atom stereocenters. The molecule has 4 rings (SSSR count). The van der Waals surface area contributed by atoms with Crippen LogP contribution in [0, 0.1) is 12.2 Å². The Morgan fingerprint density at radius 2 is 1.04 bits per heavy atom. The number of hydrogen-bond acceptors (Lipinski definition) is 0. The van der Waals surface area contributed by atoms with Gasteiger partial charge in [0.1, 0.15) is 0 Å². The molecule has 0 fully saturated rings. The van der Waals surface area contributed by atoms with Gasteiger partial charge in [-0.15, -0.1) is 46.8 Å². The molecule has 0 spiro atoms. The van der Waals surface area contributed by atoms with Gasteiger partial charge in [-0.2, -0.15) is 12.2 Å². The van der Waals surface area contributed by atoms with Crippen molar-refractivity contribution >= 4 is 49.8 Å². The van der Waals surface area contributed by atoms with Crippen LogP contribution in [0.3, 0.4) is 0 Å². The first-order valence-corrected chi connectivity index (χ1v) is 13.2. The van der Waals surface area contributed by atoms with E-state index in [2.05, 4.69) is 85.0 Å². The third-order valence-corrected chi connectivity index (χ3v) is 9.38. The molecule has 0 saturated carbocycles. The van der Waals surface area contributed by atoms with E-state index in [0.29, 0.717) is 0 Å². The van der Waals surface area contributed by atoms with Crippen LogP contribution in [0.1, 0.15) is 12.8 Å². The first-order chi connectivity index (χ1) is 11.9. The summed E-state index contributed by atoms with van der Waals surface area (Å²) in [6.07, 6.45) is 20.0. The zero-order valence-corrected chi connectivity index (χ0v) is 21.4. The summed E-state index contributed by atoms with van der Waals surface area (Å²) in [6.45, 7) is 0. The second kappa shape index (κ2) is 16.6. The molecule has 0 saturated heterocycles. The van der Waals surface area contributed by atoms with Crippen LogP contribution in [0.5, 0.6) is 0 Å². The Morgan fingerprint density at radius 3 is 1.27 bits per heavy atom. The van der Waals surface area contributed by atoms with Crippen molar-refractivity contribution in [2.75, 3.05) is 0 Å². The molecular formula is C22H22Br2SiZr. The van der Waals surface area contributed by atoms with Crippen LogP contribution < -0.4 is 10.4 Å². The number of allylic oxidation sites excluding steroid dienone is 8. The minimum atomic E-state index is -0.455. The molecule has 2 aliphatic carbocycles. The Kier molecular flexibility index (Phi) is 16.3. The summed E-state index contributed by atoms with van der Waals surface area (Å²) in [6, 6.07) is 21.7. The first-order valence-electron chi connectivity index (χ1n) is 8.01. The van der Waals surface area contributed by atoms with Gasteiger partial charge in [-0.1, -0.05) is 0 Å². The predicted molar refractivity (Wildman–Crippen MR) is 122 cm³/mol. The fourth-order valence-corrected chi connectivity index (χ4v) is 5.90. The molecule has 0 amide bonds. The topological polar surface area (TPSA) is 0 Å². The summed E-state index contributed by atoms with van der Waals surface area (Å²) >= 11 is 1.64. The standard InChI is InChI=1S/C12H10Si.2C5H5.2BrH.Zr/c1-3-7-11(8-4-1)13-12-9-5-2-6-10-12;2*1-2-4-5-3-1;;;/h1-10H;2*1-3H,4H2;2*1H;/q;2*-1;;;+2. The van der Waals surface area contributed by atoms with Crippen LogP contribution in [0.15, 0.2) is 97.1 Å². The quantitative estimate of drug-likeness (QED) is 0.351. The Balaban J connectivity index is 0.000000432. The van der Waals surface area contributed by atoms with Gasteiger partial charge in [0.25, 0.3) is 0 Å². The molecule has 26 heavy (non-hydrogen) atoms. The average Bonchev–Trinajstić information content (AvgIpc) is 3.41. The third kappa shape index (κ3) is 10.6. The van der Waals surface area contributed by atoms with E-state index in [4.69, 9.17) is 0 Å². The SMILES string of the molecule is Br.Br.[C-]1=CC=CC1.[C-]1=CC=CC1.[Zr+2]=[Si](c1ccccc1)c1ccccc1. The maximum atomic E-state index is 2.99. The van der Waals surface area contributed by atoms with Crippen LogP contribution in [-0.2, 0) is 23.3 Å². The molecule has 0 N–H and O–H groups in total. The van der Waals surface area contributed by atoms with E-state index < -0.39 is 5.43 Å². The zero-order chi connectivity index (χ0) is 16.9. The van der Waals surface area contributed by atoms with Gasteiger partial charge in [-0.25, -0.2) is 24.3 Å². The van der Waals surface area contributed by atoms with E-state index in [-0.39, 0.29) is 34.0 Å². The number of rotatable bonds is 2. The van der Waals surface area contributed by atoms with Gasteiger partial charge in [0, 0.05) is 0 Å². The van der Waals surface area contributed by atoms with Gasteiger partial charge in [0.05, 0.1) is 0 Å². The Morgan fingerprint density at radius 1 is 0.654 bits per heavy atom. The van der Waals surface area contributed by atoms with Gasteiger partial charge >= 0.3 is 99.8 Å². The van der Waals surface area contributed by atoms with Gasteiger partial charge < -0.3 is 0 Å². The van der Waals surface area contributed by atoms with E-state index in [0.717, 1.165) is 12.8 Å². The van der Waals surface area contributed by atoms with Gasteiger partial charge in [0.15, 0.2) is 0 Å². The molecule has 0 atom stereocenters. The molecule has 0 aliphatic heterocycles. The van der Waals surface area contributed by atoms with E-state index in [9.17, 15) is 0 Å². The predicted octanol–water partition coefficient (Wildman–Crippen LogP) is 5.11. The van der Waals surface area contributed by atoms with Gasteiger partial charge in [-0.3, -0.25) is 12.2 Å². The number of halogens is 2.